The van der Waals surface area contributed by atoms with Gasteiger partial charge < -0.3 is 9.47 Å². The normalized spacial score (nSPS) is 14.8. The van der Waals surface area contributed by atoms with Crippen LogP contribution in [-0.4, -0.2) is 39.4 Å². The largest absolute Gasteiger partial charge is 0.339 e. The summed E-state index contributed by atoms with van der Waals surface area (Å²) in [4.78, 5) is 32.4. The highest BCUT2D eigenvalue weighted by molar-refractivity contribution is 6.35. The predicted octanol–water partition coefficient (Wildman–Crippen LogP) is 4.87. The fourth-order valence-electron chi connectivity index (χ4n) is 4.47. The first-order valence-electron chi connectivity index (χ1n) is 10.7. The average Bonchev–Trinajstić information content (AvgIpc) is 3.14. The van der Waals surface area contributed by atoms with Gasteiger partial charge in [0.15, 0.2) is 0 Å². The fraction of sp³-hybridized carbons (Fsp3) is 0.240. The van der Waals surface area contributed by atoms with Gasteiger partial charge in [0.05, 0.1) is 16.1 Å². The Balaban J connectivity index is 1.27. The molecule has 0 radical (unpaired) electrons. The smallest absolute Gasteiger partial charge is 0.254 e. The van der Waals surface area contributed by atoms with Crippen molar-refractivity contribution in [3.05, 3.63) is 71.2 Å². The molecule has 7 heteroatoms. The monoisotopic (exact) mass is 446 g/mol. The Labute approximate surface area is 190 Å². The number of nitrogens with one attached hydrogen (secondary N) is 1. The van der Waals surface area contributed by atoms with E-state index in [0.717, 1.165) is 21.8 Å². The molecule has 0 aliphatic carbocycles. The van der Waals surface area contributed by atoms with Crippen LogP contribution in [0.25, 0.3) is 21.8 Å². The number of nitrogens with zero attached hydrogens (tertiary/aromatic N) is 3. The second-order valence-corrected chi connectivity index (χ2v) is 8.59. The minimum absolute atomic E-state index is 0.0191. The van der Waals surface area contributed by atoms with Gasteiger partial charge in [-0.05, 0) is 41.8 Å². The van der Waals surface area contributed by atoms with E-state index < -0.39 is 0 Å². The molecule has 0 atom stereocenters. The summed E-state index contributed by atoms with van der Waals surface area (Å²) in [6.07, 6.45) is 1.24. The van der Waals surface area contributed by atoms with Gasteiger partial charge in [0, 0.05) is 31.6 Å². The molecule has 2 amide bonds. The van der Waals surface area contributed by atoms with Crippen LogP contribution in [0.2, 0.25) is 5.02 Å². The summed E-state index contributed by atoms with van der Waals surface area (Å²) >= 11 is 6.28. The molecule has 162 valence electrons. The van der Waals surface area contributed by atoms with Crippen LogP contribution in [0, 0.1) is 5.92 Å². The number of para-hydroxylation sites is 1. The number of amides is 2. The summed E-state index contributed by atoms with van der Waals surface area (Å²) < 4.78 is 1.80. The van der Waals surface area contributed by atoms with Gasteiger partial charge >= 0.3 is 0 Å². The molecule has 6 nitrogen and oxygen atoms in total. The minimum atomic E-state index is -0.165. The maximum absolute atomic E-state index is 13.2. The van der Waals surface area contributed by atoms with Gasteiger partial charge in [0.1, 0.15) is 0 Å². The summed E-state index contributed by atoms with van der Waals surface area (Å²) in [6, 6.07) is 19.2. The van der Waals surface area contributed by atoms with Crippen LogP contribution < -0.4 is 5.32 Å². The SMILES string of the molecule is Cn1c(NC(=O)C2CCN(C(=O)c3cccc4ccccc34)CC2)nc2cccc(Cl)c21. The van der Waals surface area contributed by atoms with Gasteiger partial charge in [-0.15, -0.1) is 0 Å². The number of halogens is 1. The van der Waals surface area contributed by atoms with Crippen molar-refractivity contribution >= 4 is 51.2 Å². The van der Waals surface area contributed by atoms with Crippen LogP contribution in [0.3, 0.4) is 0 Å². The maximum atomic E-state index is 13.2. The number of anilines is 1. The van der Waals surface area contributed by atoms with Crippen LogP contribution in [0.4, 0.5) is 5.95 Å². The average molecular weight is 447 g/mol. The van der Waals surface area contributed by atoms with Crippen molar-refractivity contribution < 1.29 is 9.59 Å². The predicted molar refractivity (Wildman–Crippen MR) is 127 cm³/mol. The van der Waals surface area contributed by atoms with Gasteiger partial charge in [-0.25, -0.2) is 4.98 Å². The molecular formula is C25H23ClN4O2. The van der Waals surface area contributed by atoms with E-state index in [1.807, 2.05) is 66.5 Å². The summed E-state index contributed by atoms with van der Waals surface area (Å²) in [5, 5.41) is 5.55. The fourth-order valence-corrected chi connectivity index (χ4v) is 4.77. The van der Waals surface area contributed by atoms with E-state index in [4.69, 9.17) is 11.6 Å². The van der Waals surface area contributed by atoms with Crippen LogP contribution in [0.15, 0.2) is 60.7 Å². The Morgan fingerprint density at radius 3 is 2.50 bits per heavy atom. The molecule has 0 saturated carbocycles. The first-order chi connectivity index (χ1) is 15.5. The van der Waals surface area contributed by atoms with Gasteiger partial charge in [-0.3, -0.25) is 14.9 Å². The molecule has 1 fully saturated rings. The van der Waals surface area contributed by atoms with E-state index in [1.54, 1.807) is 10.6 Å². The Bertz CT molecular complexity index is 1330. The Kier molecular flexibility index (Phi) is 5.31. The summed E-state index contributed by atoms with van der Waals surface area (Å²) in [5.41, 5.74) is 2.24. The molecule has 0 unspecified atom stereocenters. The quantitative estimate of drug-likeness (QED) is 0.488. The van der Waals surface area contributed by atoms with Crippen molar-refractivity contribution in [3.63, 3.8) is 0 Å². The van der Waals surface area contributed by atoms with Crippen LogP contribution >= 0.6 is 11.6 Å². The van der Waals surface area contributed by atoms with Crippen molar-refractivity contribution in [1.82, 2.24) is 14.5 Å². The van der Waals surface area contributed by atoms with E-state index in [2.05, 4.69) is 10.3 Å². The van der Waals surface area contributed by atoms with Crippen LogP contribution in [0.5, 0.6) is 0 Å². The number of rotatable bonds is 3. The maximum Gasteiger partial charge on any atom is 0.254 e. The molecular weight excluding hydrogens is 424 g/mol. The Morgan fingerprint density at radius 2 is 1.72 bits per heavy atom. The second kappa shape index (κ2) is 8.28. The number of carbonyl (C=O) groups is 2. The third-order valence-corrected chi connectivity index (χ3v) is 6.56. The van der Waals surface area contributed by atoms with Gasteiger partial charge in [0.25, 0.3) is 5.91 Å². The van der Waals surface area contributed by atoms with Gasteiger partial charge in [0.2, 0.25) is 11.9 Å². The van der Waals surface area contributed by atoms with Crippen LogP contribution in [0.1, 0.15) is 23.2 Å². The number of likely N-dealkylation sites (tertiary alicyclic amines) is 1. The standard InChI is InChI=1S/C25H23ClN4O2/c1-29-22-20(26)10-5-11-21(22)27-25(29)28-23(31)17-12-14-30(15-13-17)24(32)19-9-4-7-16-6-2-3-8-18(16)19/h2-11,17H,12-15H2,1H3,(H,27,28,31). The highest BCUT2D eigenvalue weighted by atomic mass is 35.5. The van der Waals surface area contributed by atoms with Gasteiger partial charge in [-0.2, -0.15) is 0 Å². The van der Waals surface area contributed by atoms with E-state index in [9.17, 15) is 9.59 Å². The number of aromatic nitrogens is 2. The summed E-state index contributed by atoms with van der Waals surface area (Å²) in [6.45, 7) is 1.10. The van der Waals surface area contributed by atoms with Crippen molar-refractivity contribution in [3.8, 4) is 0 Å². The number of benzene rings is 3. The topological polar surface area (TPSA) is 67.2 Å². The number of carbonyl (C=O) groups excluding carboxylic acids is 2. The zero-order valence-corrected chi connectivity index (χ0v) is 18.5. The van der Waals surface area contributed by atoms with E-state index in [-0.39, 0.29) is 17.7 Å². The Morgan fingerprint density at radius 1 is 1.00 bits per heavy atom. The zero-order chi connectivity index (χ0) is 22.2. The molecule has 32 heavy (non-hydrogen) atoms. The molecule has 0 bridgehead atoms. The second-order valence-electron chi connectivity index (χ2n) is 8.18. The Hall–Kier alpha value is -3.38. The molecule has 4 aromatic rings. The minimum Gasteiger partial charge on any atom is -0.339 e. The molecule has 5 rings (SSSR count). The lowest BCUT2D eigenvalue weighted by atomic mass is 9.95. The molecule has 1 aliphatic heterocycles. The molecule has 0 spiro atoms. The number of aryl methyl sites for hydroxylation is 1. The number of fused-ring (bicyclic) bond motifs is 2. The lowest BCUT2D eigenvalue weighted by Gasteiger charge is -2.31. The number of piperidine rings is 1. The van der Waals surface area contributed by atoms with Crippen molar-refractivity contribution in [2.24, 2.45) is 13.0 Å². The number of hydrogen-bond donors (Lipinski definition) is 1. The lowest BCUT2D eigenvalue weighted by Crippen LogP contribution is -2.41. The first-order valence-corrected chi connectivity index (χ1v) is 11.1. The van der Waals surface area contributed by atoms with Crippen LogP contribution in [-0.2, 0) is 11.8 Å². The molecule has 1 saturated heterocycles. The highest BCUT2D eigenvalue weighted by Gasteiger charge is 2.29. The summed E-state index contributed by atoms with van der Waals surface area (Å²) in [7, 11) is 1.84. The summed E-state index contributed by atoms with van der Waals surface area (Å²) in [5.74, 6) is 0.261. The van der Waals surface area contributed by atoms with Crippen molar-refractivity contribution in [1.29, 1.82) is 0 Å². The number of hydrogen-bond acceptors (Lipinski definition) is 3. The third-order valence-electron chi connectivity index (χ3n) is 6.25. The van der Waals surface area contributed by atoms with Gasteiger partial charge in [-0.1, -0.05) is 54.1 Å². The molecule has 1 aromatic heterocycles. The molecule has 2 heterocycles. The number of imidazole rings is 1. The van der Waals surface area contributed by atoms with E-state index >= 15 is 0 Å². The zero-order valence-electron chi connectivity index (χ0n) is 17.7. The highest BCUT2D eigenvalue weighted by Crippen LogP contribution is 2.27. The van der Waals surface area contributed by atoms with E-state index in [0.29, 0.717) is 42.5 Å². The molecule has 1 N–H and O–H groups in total. The molecule has 1 aliphatic rings. The third kappa shape index (κ3) is 3.60. The molecule has 3 aromatic carbocycles. The lowest BCUT2D eigenvalue weighted by molar-refractivity contribution is -0.121. The van der Waals surface area contributed by atoms with Crippen molar-refractivity contribution in [2.45, 2.75) is 12.8 Å². The van der Waals surface area contributed by atoms with E-state index in [1.165, 1.54) is 0 Å². The van der Waals surface area contributed by atoms with Crippen molar-refractivity contribution in [2.75, 3.05) is 18.4 Å². The first kappa shape index (κ1) is 20.5.